The smallest absolute Gasteiger partial charge is 0.251 e. The number of rotatable bonds is 3. The number of carbonyl (C=O) groups excluding carboxylic acids is 1. The first-order chi connectivity index (χ1) is 9.65. The largest absolute Gasteiger partial charge is 0.363 e. The number of amides is 1. The zero-order valence-corrected chi connectivity index (χ0v) is 12.8. The van der Waals surface area contributed by atoms with Gasteiger partial charge in [-0.25, -0.2) is 4.98 Å². The lowest BCUT2D eigenvalue weighted by atomic mass is 9.98. The van der Waals surface area contributed by atoms with Gasteiger partial charge in [0.1, 0.15) is 11.1 Å². The van der Waals surface area contributed by atoms with Crippen molar-refractivity contribution >= 4 is 17.2 Å². The molecule has 0 bridgehead atoms. The number of nitrogens with zero attached hydrogens (tertiary/aromatic N) is 3. The number of hydrogen-bond donors (Lipinski definition) is 0. The van der Waals surface area contributed by atoms with Crippen LogP contribution < -0.4 is 0 Å². The molecule has 2 aliphatic heterocycles. The molecule has 1 aromatic heterocycles. The van der Waals surface area contributed by atoms with Gasteiger partial charge in [-0.1, -0.05) is 0 Å². The first-order valence-corrected chi connectivity index (χ1v) is 8.02. The number of likely N-dealkylation sites (tertiary alicyclic amines) is 1. The Hall–Kier alpha value is -0.980. The summed E-state index contributed by atoms with van der Waals surface area (Å²) in [5, 5.41) is 3.18. The Morgan fingerprint density at radius 3 is 3.05 bits per heavy atom. The molecule has 0 aromatic carbocycles. The molecule has 20 heavy (non-hydrogen) atoms. The van der Waals surface area contributed by atoms with Crippen LogP contribution in [0.15, 0.2) is 11.6 Å². The van der Waals surface area contributed by atoms with Gasteiger partial charge in [-0.2, -0.15) is 0 Å². The summed E-state index contributed by atoms with van der Waals surface area (Å²) >= 11 is 1.70. The van der Waals surface area contributed by atoms with Gasteiger partial charge in [0.05, 0.1) is 12.6 Å². The van der Waals surface area contributed by atoms with Crippen molar-refractivity contribution in [1.29, 1.82) is 0 Å². The SMILES string of the molecule is CN(C)C(=O)[C@H]1CC[C@@H]2[C@@H](CCN2Cc2nccs2)O1. The Morgan fingerprint density at radius 1 is 1.50 bits per heavy atom. The fourth-order valence-corrected chi connectivity index (χ4v) is 3.83. The van der Waals surface area contributed by atoms with Gasteiger partial charge in [-0.3, -0.25) is 9.69 Å². The van der Waals surface area contributed by atoms with E-state index in [1.165, 1.54) is 0 Å². The van der Waals surface area contributed by atoms with Crippen LogP contribution in [0.4, 0.5) is 0 Å². The molecule has 3 atom stereocenters. The summed E-state index contributed by atoms with van der Waals surface area (Å²) in [6.45, 7) is 1.95. The number of hydrogen-bond acceptors (Lipinski definition) is 5. The van der Waals surface area contributed by atoms with Gasteiger partial charge in [0.15, 0.2) is 0 Å². The molecule has 1 amide bonds. The minimum absolute atomic E-state index is 0.0989. The molecule has 5 nitrogen and oxygen atoms in total. The maximum absolute atomic E-state index is 12.0. The number of carbonyl (C=O) groups is 1. The topological polar surface area (TPSA) is 45.7 Å². The molecule has 0 aliphatic carbocycles. The van der Waals surface area contributed by atoms with E-state index < -0.39 is 0 Å². The van der Waals surface area contributed by atoms with Crippen LogP contribution in [-0.2, 0) is 16.1 Å². The Labute approximate surface area is 123 Å². The monoisotopic (exact) mass is 295 g/mol. The standard InChI is InChI=1S/C14H21N3O2S/c1-16(2)14(18)12-4-3-10-11(19-12)5-7-17(10)9-13-15-6-8-20-13/h6,8,10-12H,3-5,7,9H2,1-2H3/t10-,11-,12-/m1/s1. The fraction of sp³-hybridized carbons (Fsp3) is 0.714. The van der Waals surface area contributed by atoms with Gasteiger partial charge in [-0.15, -0.1) is 11.3 Å². The second-order valence-corrected chi connectivity index (χ2v) is 6.70. The first-order valence-electron chi connectivity index (χ1n) is 7.14. The van der Waals surface area contributed by atoms with Gasteiger partial charge in [0, 0.05) is 38.3 Å². The zero-order chi connectivity index (χ0) is 14.1. The number of fused-ring (bicyclic) bond motifs is 1. The third-order valence-corrected chi connectivity index (χ3v) is 4.97. The van der Waals surface area contributed by atoms with Crippen LogP contribution in [-0.4, -0.2) is 59.6 Å². The zero-order valence-electron chi connectivity index (χ0n) is 12.0. The van der Waals surface area contributed by atoms with E-state index >= 15 is 0 Å². The molecule has 6 heteroatoms. The van der Waals surface area contributed by atoms with Crippen LogP contribution in [0.5, 0.6) is 0 Å². The lowest BCUT2D eigenvalue weighted by Crippen LogP contribution is -2.47. The normalized spacial score (nSPS) is 30.2. The molecule has 2 saturated heterocycles. The quantitative estimate of drug-likeness (QED) is 0.844. The Bertz CT molecular complexity index is 463. The molecule has 2 fully saturated rings. The van der Waals surface area contributed by atoms with Gasteiger partial charge in [-0.05, 0) is 19.3 Å². The van der Waals surface area contributed by atoms with Crippen LogP contribution >= 0.6 is 11.3 Å². The van der Waals surface area contributed by atoms with Gasteiger partial charge in [0.25, 0.3) is 5.91 Å². The van der Waals surface area contributed by atoms with E-state index in [-0.39, 0.29) is 18.1 Å². The molecule has 3 rings (SSSR count). The summed E-state index contributed by atoms with van der Waals surface area (Å²) in [5.41, 5.74) is 0. The molecule has 110 valence electrons. The first kappa shape index (κ1) is 14.0. The predicted octanol–water partition coefficient (Wildman–Crippen LogP) is 1.35. The van der Waals surface area contributed by atoms with Crippen molar-refractivity contribution in [2.75, 3.05) is 20.6 Å². The number of aromatic nitrogens is 1. The highest BCUT2D eigenvalue weighted by molar-refractivity contribution is 7.09. The maximum Gasteiger partial charge on any atom is 0.251 e. The molecular formula is C14H21N3O2S. The summed E-state index contributed by atoms with van der Waals surface area (Å²) in [5.74, 6) is 0.0989. The molecule has 1 aromatic rings. The van der Waals surface area contributed by atoms with Crippen molar-refractivity contribution in [1.82, 2.24) is 14.8 Å². The average Bonchev–Trinajstić information content (AvgIpc) is 3.08. The van der Waals surface area contributed by atoms with Crippen LogP contribution in [0.3, 0.4) is 0 Å². The molecule has 0 saturated carbocycles. The number of likely N-dealkylation sites (N-methyl/N-ethyl adjacent to an activating group) is 1. The Morgan fingerprint density at radius 2 is 2.35 bits per heavy atom. The molecule has 0 radical (unpaired) electrons. The molecule has 0 N–H and O–H groups in total. The molecule has 0 unspecified atom stereocenters. The van der Waals surface area contributed by atoms with Crippen LogP contribution in [0, 0.1) is 0 Å². The lowest BCUT2D eigenvalue weighted by molar-refractivity contribution is -0.152. The summed E-state index contributed by atoms with van der Waals surface area (Å²) in [4.78, 5) is 20.5. The lowest BCUT2D eigenvalue weighted by Gasteiger charge is -2.36. The van der Waals surface area contributed by atoms with Crippen molar-refractivity contribution in [2.24, 2.45) is 0 Å². The van der Waals surface area contributed by atoms with Crippen molar-refractivity contribution < 1.29 is 9.53 Å². The Balaban J connectivity index is 1.60. The summed E-state index contributed by atoms with van der Waals surface area (Å²) < 4.78 is 6.03. The van der Waals surface area contributed by atoms with E-state index in [0.717, 1.165) is 37.4 Å². The van der Waals surface area contributed by atoms with E-state index in [1.807, 2.05) is 11.6 Å². The van der Waals surface area contributed by atoms with E-state index in [1.54, 1.807) is 30.3 Å². The van der Waals surface area contributed by atoms with E-state index in [4.69, 9.17) is 4.74 Å². The molecular weight excluding hydrogens is 274 g/mol. The van der Waals surface area contributed by atoms with Crippen LogP contribution in [0.1, 0.15) is 24.3 Å². The van der Waals surface area contributed by atoms with Crippen molar-refractivity contribution in [3.63, 3.8) is 0 Å². The van der Waals surface area contributed by atoms with Gasteiger partial charge < -0.3 is 9.64 Å². The summed E-state index contributed by atoms with van der Waals surface area (Å²) in [6, 6.07) is 0.449. The highest BCUT2D eigenvalue weighted by atomic mass is 32.1. The number of ether oxygens (including phenoxy) is 1. The second-order valence-electron chi connectivity index (χ2n) is 5.73. The molecule has 3 heterocycles. The number of thiazole rings is 1. The van der Waals surface area contributed by atoms with E-state index in [2.05, 4.69) is 9.88 Å². The van der Waals surface area contributed by atoms with Crippen molar-refractivity contribution in [3.8, 4) is 0 Å². The Kier molecular flexibility index (Phi) is 4.05. The predicted molar refractivity (Wildman–Crippen MR) is 77.5 cm³/mol. The average molecular weight is 295 g/mol. The maximum atomic E-state index is 12.0. The molecule has 0 spiro atoms. The van der Waals surface area contributed by atoms with Gasteiger partial charge in [0.2, 0.25) is 0 Å². The minimum Gasteiger partial charge on any atom is -0.363 e. The van der Waals surface area contributed by atoms with Crippen molar-refractivity contribution in [3.05, 3.63) is 16.6 Å². The highest BCUT2D eigenvalue weighted by Crippen LogP contribution is 2.33. The second kappa shape index (κ2) is 5.79. The summed E-state index contributed by atoms with van der Waals surface area (Å²) in [6.07, 6.45) is 4.71. The summed E-state index contributed by atoms with van der Waals surface area (Å²) in [7, 11) is 3.59. The van der Waals surface area contributed by atoms with Crippen molar-refractivity contribution in [2.45, 2.75) is 44.1 Å². The minimum atomic E-state index is -0.244. The van der Waals surface area contributed by atoms with E-state index in [0.29, 0.717) is 6.04 Å². The van der Waals surface area contributed by atoms with E-state index in [9.17, 15) is 4.79 Å². The third kappa shape index (κ3) is 2.73. The fourth-order valence-electron chi connectivity index (χ4n) is 3.19. The third-order valence-electron chi connectivity index (χ3n) is 4.20. The van der Waals surface area contributed by atoms with Crippen LogP contribution in [0.25, 0.3) is 0 Å². The van der Waals surface area contributed by atoms with Gasteiger partial charge >= 0.3 is 0 Å². The molecule has 2 aliphatic rings. The van der Waals surface area contributed by atoms with Crippen LogP contribution in [0.2, 0.25) is 0 Å². The highest BCUT2D eigenvalue weighted by Gasteiger charge is 2.42.